The summed E-state index contributed by atoms with van der Waals surface area (Å²) in [6.07, 6.45) is 10.2. The van der Waals surface area contributed by atoms with E-state index < -0.39 is 12.1 Å². The minimum absolute atomic E-state index is 0.0207. The number of hydrogen-bond acceptors (Lipinski definition) is 7. The molecule has 0 aromatic carbocycles. The van der Waals surface area contributed by atoms with Crippen LogP contribution in [0.3, 0.4) is 0 Å². The van der Waals surface area contributed by atoms with Gasteiger partial charge in [0.15, 0.2) is 0 Å². The number of halogens is 1. The molecule has 196 valence electrons. The number of aliphatic imine (C=N–C) groups is 1. The maximum Gasteiger partial charge on any atom is 0.228 e. The van der Waals surface area contributed by atoms with Crippen LogP contribution in [0, 0.1) is 11.3 Å². The molecular formula is C25H47ClN6O2. The maximum absolute atomic E-state index is 13.7. The van der Waals surface area contributed by atoms with Crippen LogP contribution < -0.4 is 27.4 Å². The van der Waals surface area contributed by atoms with E-state index in [-0.39, 0.29) is 41.0 Å². The van der Waals surface area contributed by atoms with Crippen molar-refractivity contribution in [3.63, 3.8) is 0 Å². The van der Waals surface area contributed by atoms with Crippen molar-refractivity contribution in [2.24, 2.45) is 27.8 Å². The average molecular weight is 499 g/mol. The first-order chi connectivity index (χ1) is 16.4. The van der Waals surface area contributed by atoms with Gasteiger partial charge in [-0.1, -0.05) is 26.7 Å². The fourth-order valence-corrected chi connectivity index (χ4v) is 6.18. The Bertz CT molecular complexity index is 659. The van der Waals surface area contributed by atoms with Gasteiger partial charge in [0.25, 0.3) is 0 Å². The quantitative estimate of drug-likeness (QED) is 0.244. The van der Waals surface area contributed by atoms with Crippen LogP contribution in [0.1, 0.15) is 71.6 Å². The van der Waals surface area contributed by atoms with E-state index in [0.717, 1.165) is 77.4 Å². The summed E-state index contributed by atoms with van der Waals surface area (Å²) >= 11 is 6.53. The van der Waals surface area contributed by atoms with E-state index in [9.17, 15) is 4.79 Å². The molecule has 7 N–H and O–H groups in total. The Morgan fingerprint density at radius 1 is 1.24 bits per heavy atom. The molecule has 0 bridgehead atoms. The van der Waals surface area contributed by atoms with E-state index in [4.69, 9.17) is 32.8 Å². The summed E-state index contributed by atoms with van der Waals surface area (Å²) in [5.41, 5.74) is 12.6. The first-order valence-corrected chi connectivity index (χ1v) is 13.9. The Balaban J connectivity index is 1.74. The van der Waals surface area contributed by atoms with E-state index in [2.05, 4.69) is 29.8 Å². The molecule has 0 aromatic rings. The van der Waals surface area contributed by atoms with Gasteiger partial charge in [-0.25, -0.2) is 0 Å². The molecule has 34 heavy (non-hydrogen) atoms. The number of rotatable bonds is 9. The largest absolute Gasteiger partial charge is 0.371 e. The lowest BCUT2D eigenvalue weighted by Gasteiger charge is -2.41. The molecule has 6 unspecified atom stereocenters. The first kappa shape index (κ1) is 27.8. The van der Waals surface area contributed by atoms with E-state index in [1.807, 2.05) is 0 Å². The first-order valence-electron chi connectivity index (χ1n) is 13.4. The van der Waals surface area contributed by atoms with Gasteiger partial charge in [0.05, 0.1) is 41.8 Å². The summed E-state index contributed by atoms with van der Waals surface area (Å²) in [6.45, 7) is 7.92. The number of amides is 1. The van der Waals surface area contributed by atoms with Crippen LogP contribution in [0.25, 0.3) is 0 Å². The molecule has 2 saturated heterocycles. The summed E-state index contributed by atoms with van der Waals surface area (Å²) in [6, 6.07) is -0.402. The minimum Gasteiger partial charge on any atom is -0.371 e. The minimum atomic E-state index is -0.801. The summed E-state index contributed by atoms with van der Waals surface area (Å²) in [4.78, 5) is 18.5. The summed E-state index contributed by atoms with van der Waals surface area (Å²) in [5, 5.41) is 9.92. The molecule has 1 amide bonds. The smallest absolute Gasteiger partial charge is 0.228 e. The van der Waals surface area contributed by atoms with Crippen LogP contribution >= 0.6 is 11.6 Å². The fourth-order valence-electron chi connectivity index (χ4n) is 6.01. The van der Waals surface area contributed by atoms with Gasteiger partial charge >= 0.3 is 0 Å². The van der Waals surface area contributed by atoms with Crippen LogP contribution in [0.2, 0.25) is 0 Å². The molecule has 3 aliphatic heterocycles. The normalized spacial score (nSPS) is 36.9. The number of nitrogens with one attached hydrogen (secondary N) is 3. The molecule has 0 spiro atoms. The van der Waals surface area contributed by atoms with Gasteiger partial charge in [-0.3, -0.25) is 9.79 Å². The van der Waals surface area contributed by atoms with Crippen molar-refractivity contribution in [3.05, 3.63) is 0 Å². The second-order valence-corrected chi connectivity index (χ2v) is 11.1. The second kappa shape index (κ2) is 13.5. The Morgan fingerprint density at radius 3 is 2.71 bits per heavy atom. The number of carbonyl (C=O) groups is 1. The SMILES string of the molecule is CCCC1(CC)CCC(Cl)/C=N\C(C(C(=O)NC2CNCCC2O[C@H]2CCCNC2)C(N)N)C1. The Hall–Kier alpha value is -0.770. The molecule has 0 radical (unpaired) electrons. The van der Waals surface area contributed by atoms with Gasteiger partial charge in [0, 0.05) is 19.3 Å². The van der Waals surface area contributed by atoms with Crippen LogP contribution in [0.5, 0.6) is 0 Å². The number of piperidine rings is 2. The zero-order valence-electron chi connectivity index (χ0n) is 21.1. The van der Waals surface area contributed by atoms with Crippen molar-refractivity contribution >= 4 is 23.7 Å². The number of nitrogens with two attached hydrogens (primary N) is 2. The molecule has 0 aliphatic carbocycles. The molecular weight excluding hydrogens is 452 g/mol. The van der Waals surface area contributed by atoms with Crippen molar-refractivity contribution in [2.45, 2.75) is 107 Å². The molecule has 2 fully saturated rings. The highest BCUT2D eigenvalue weighted by atomic mass is 35.5. The molecule has 9 heteroatoms. The number of ether oxygens (including phenoxy) is 1. The zero-order valence-corrected chi connectivity index (χ0v) is 21.9. The lowest BCUT2D eigenvalue weighted by atomic mass is 9.69. The number of alkyl halides is 1. The van der Waals surface area contributed by atoms with Gasteiger partial charge in [-0.05, 0) is 63.5 Å². The van der Waals surface area contributed by atoms with Crippen LogP contribution in [0.4, 0.5) is 0 Å². The van der Waals surface area contributed by atoms with Crippen LogP contribution in [0.15, 0.2) is 4.99 Å². The van der Waals surface area contributed by atoms with Crippen molar-refractivity contribution < 1.29 is 9.53 Å². The standard InChI is InChI=1S/C25H47ClN6O2/c1-3-9-25(4-2)10-7-17(26)14-31-19(13-25)22(23(27)28)24(33)32-20-16-30-12-8-21(20)34-18-6-5-11-29-15-18/h14,17-23,29-30H,3-13,15-16,27-28H2,1-2H3,(H,32,33)/b31-14-/t17?,18-,19?,20?,21?,22?,25?/m0/s1. The maximum atomic E-state index is 13.7. The third-order valence-electron chi connectivity index (χ3n) is 8.06. The number of nitrogens with zero attached hydrogens (tertiary/aromatic N) is 1. The van der Waals surface area contributed by atoms with E-state index in [1.165, 1.54) is 0 Å². The highest BCUT2D eigenvalue weighted by Crippen LogP contribution is 2.42. The van der Waals surface area contributed by atoms with Gasteiger partial charge in [-0.15, -0.1) is 11.6 Å². The zero-order chi connectivity index (χ0) is 24.6. The summed E-state index contributed by atoms with van der Waals surface area (Å²) in [5.74, 6) is -0.741. The predicted molar refractivity (Wildman–Crippen MR) is 139 cm³/mol. The van der Waals surface area contributed by atoms with E-state index in [0.29, 0.717) is 6.54 Å². The predicted octanol–water partition coefficient (Wildman–Crippen LogP) is 1.89. The molecule has 3 heterocycles. The Morgan fingerprint density at radius 2 is 2.03 bits per heavy atom. The van der Waals surface area contributed by atoms with Gasteiger partial charge in [0.1, 0.15) is 0 Å². The lowest BCUT2D eigenvalue weighted by Crippen LogP contribution is -2.60. The van der Waals surface area contributed by atoms with E-state index >= 15 is 0 Å². The fraction of sp³-hybridized carbons (Fsp3) is 0.920. The molecule has 7 atom stereocenters. The summed E-state index contributed by atoms with van der Waals surface area (Å²) < 4.78 is 6.44. The number of hydrogen-bond donors (Lipinski definition) is 5. The van der Waals surface area contributed by atoms with Gasteiger partial charge in [0.2, 0.25) is 5.91 Å². The Labute approximate surface area is 210 Å². The van der Waals surface area contributed by atoms with Crippen molar-refractivity contribution in [2.75, 3.05) is 26.2 Å². The van der Waals surface area contributed by atoms with Crippen LogP contribution in [-0.4, -0.2) is 74.1 Å². The topological polar surface area (TPSA) is 127 Å². The van der Waals surface area contributed by atoms with Crippen LogP contribution in [-0.2, 0) is 9.53 Å². The monoisotopic (exact) mass is 498 g/mol. The average Bonchev–Trinajstić information content (AvgIpc) is 2.82. The molecule has 3 rings (SSSR count). The second-order valence-electron chi connectivity index (χ2n) is 10.6. The molecule has 8 nitrogen and oxygen atoms in total. The van der Waals surface area contributed by atoms with Gasteiger partial charge < -0.3 is 32.2 Å². The molecule has 0 aromatic heterocycles. The van der Waals surface area contributed by atoms with Gasteiger partial charge in [-0.2, -0.15) is 0 Å². The van der Waals surface area contributed by atoms with E-state index in [1.54, 1.807) is 6.21 Å². The molecule has 0 saturated carbocycles. The molecule has 3 aliphatic rings. The van der Waals surface area contributed by atoms with Crippen molar-refractivity contribution in [3.8, 4) is 0 Å². The van der Waals surface area contributed by atoms with Crippen molar-refractivity contribution in [1.82, 2.24) is 16.0 Å². The summed E-state index contributed by atoms with van der Waals surface area (Å²) in [7, 11) is 0. The third kappa shape index (κ3) is 7.61. The Kier molecular flexibility index (Phi) is 11.1. The highest BCUT2D eigenvalue weighted by Gasteiger charge is 2.41. The highest BCUT2D eigenvalue weighted by molar-refractivity contribution is 6.28. The van der Waals surface area contributed by atoms with Crippen molar-refractivity contribution in [1.29, 1.82) is 0 Å². The third-order valence-corrected chi connectivity index (χ3v) is 8.39. The lowest BCUT2D eigenvalue weighted by molar-refractivity contribution is -0.130. The number of carbonyl (C=O) groups excluding carboxylic acids is 1.